The van der Waals surface area contributed by atoms with E-state index in [1.165, 1.54) is 12.3 Å². The van der Waals surface area contributed by atoms with E-state index in [1.54, 1.807) is 35.0 Å². The van der Waals surface area contributed by atoms with Gasteiger partial charge < -0.3 is 4.57 Å². The Labute approximate surface area is 142 Å². The molecule has 0 unspecified atom stereocenters. The third-order valence-corrected chi connectivity index (χ3v) is 4.38. The monoisotopic (exact) mass is 336 g/mol. The molecule has 0 radical (unpaired) electrons. The molecule has 0 saturated heterocycles. The van der Waals surface area contributed by atoms with Crippen LogP contribution in [0.1, 0.15) is 6.92 Å². The Morgan fingerprint density at radius 1 is 1.12 bits per heavy atom. The number of nitrogens with zero attached hydrogens (tertiary/aromatic N) is 2. The minimum Gasteiger partial charge on any atom is -0.345 e. The Hall–Kier alpha value is -3.08. The molecule has 0 saturated carbocycles. The molecule has 5 heteroatoms. The fraction of sp³-hybridized carbons (Fsp3) is 0.100. The van der Waals surface area contributed by atoms with E-state index in [4.69, 9.17) is 0 Å². The number of hydrogen-bond acceptors (Lipinski definition) is 2. The number of hydrogen-bond donors (Lipinski definition) is 0. The first-order valence-corrected chi connectivity index (χ1v) is 7.96. The van der Waals surface area contributed by atoms with E-state index in [9.17, 15) is 9.18 Å². The summed E-state index contributed by atoms with van der Waals surface area (Å²) in [5.41, 5.74) is 0.755. The largest absolute Gasteiger partial charge is 0.345 e. The summed E-state index contributed by atoms with van der Waals surface area (Å²) in [5, 5.41) is 0.838. The van der Waals surface area contributed by atoms with Gasteiger partial charge in [-0.05, 0) is 36.8 Å². The minimum absolute atomic E-state index is 0.0468. The quantitative estimate of drug-likeness (QED) is 0.540. The predicted molar refractivity (Wildman–Crippen MR) is 94.5 cm³/mol. The zero-order chi connectivity index (χ0) is 17.6. The molecule has 2 aromatic carbocycles. The van der Waals surface area contributed by atoms with Gasteiger partial charge in [0, 0.05) is 30.4 Å². The molecule has 4 rings (SSSR count). The lowest BCUT2D eigenvalue weighted by Crippen LogP contribution is -2.10. The fourth-order valence-electron chi connectivity index (χ4n) is 3.16. The number of benzene rings is 2. The van der Waals surface area contributed by atoms with Gasteiger partial charge in [0.1, 0.15) is 5.82 Å². The van der Waals surface area contributed by atoms with Gasteiger partial charge >= 0.3 is 0 Å². The van der Waals surface area contributed by atoms with Crippen molar-refractivity contribution >= 4 is 21.8 Å². The van der Waals surface area contributed by atoms with Crippen molar-refractivity contribution in [2.24, 2.45) is 0 Å². The number of fused-ring (bicyclic) bond motifs is 2. The van der Waals surface area contributed by atoms with Crippen molar-refractivity contribution in [3.8, 4) is 11.1 Å². The van der Waals surface area contributed by atoms with Crippen LogP contribution in [0.2, 0.25) is 0 Å². The Bertz CT molecular complexity index is 1180. The molecule has 0 aliphatic heterocycles. The third kappa shape index (κ3) is 2.39. The van der Waals surface area contributed by atoms with E-state index in [0.29, 0.717) is 12.1 Å². The molecule has 0 bridgehead atoms. The second-order valence-corrected chi connectivity index (χ2v) is 5.82. The maximum Gasteiger partial charge on any atom is 0.189 e. The van der Waals surface area contributed by atoms with Crippen LogP contribution in [0.3, 0.4) is 0 Å². The lowest BCUT2D eigenvalue weighted by atomic mass is 10.00. The molecule has 4 aromatic rings. The van der Waals surface area contributed by atoms with Crippen molar-refractivity contribution in [2.75, 3.05) is 0 Å². The maximum absolute atomic E-state index is 15.2. The first-order valence-electron chi connectivity index (χ1n) is 7.96. The van der Waals surface area contributed by atoms with E-state index in [-0.39, 0.29) is 16.5 Å². The molecule has 0 fully saturated rings. The average Bonchev–Trinajstić information content (AvgIpc) is 2.62. The standard InChI is InChI=1S/C20H14F2N2O/c1-2-24-9-7-17(25)14-11-15(21)18(19(22)20(14)24)13-5-6-16-12(10-13)4-3-8-23-16/h3-11H,2H2,1H3. The van der Waals surface area contributed by atoms with Crippen LogP contribution >= 0.6 is 0 Å². The molecular formula is C20H14F2N2O. The van der Waals surface area contributed by atoms with Gasteiger partial charge in [0.2, 0.25) is 0 Å². The minimum atomic E-state index is -0.751. The Balaban J connectivity index is 2.08. The summed E-state index contributed by atoms with van der Waals surface area (Å²) in [6, 6.07) is 11.1. The van der Waals surface area contributed by atoms with E-state index in [2.05, 4.69) is 4.98 Å². The number of rotatable bonds is 2. The summed E-state index contributed by atoms with van der Waals surface area (Å²) in [4.78, 5) is 16.2. The van der Waals surface area contributed by atoms with Crippen LogP contribution in [0.15, 0.2) is 59.7 Å². The molecule has 3 nitrogen and oxygen atoms in total. The van der Waals surface area contributed by atoms with Crippen molar-refractivity contribution < 1.29 is 8.78 Å². The summed E-state index contributed by atoms with van der Waals surface area (Å²) in [6.45, 7) is 2.31. The van der Waals surface area contributed by atoms with Gasteiger partial charge in [-0.3, -0.25) is 9.78 Å². The van der Waals surface area contributed by atoms with Gasteiger partial charge in [-0.2, -0.15) is 0 Å². The van der Waals surface area contributed by atoms with Crippen LogP contribution < -0.4 is 5.43 Å². The molecule has 0 spiro atoms. The smallest absolute Gasteiger partial charge is 0.189 e. The highest BCUT2D eigenvalue weighted by Gasteiger charge is 2.19. The molecule has 0 amide bonds. The van der Waals surface area contributed by atoms with Gasteiger partial charge in [0.15, 0.2) is 11.2 Å². The zero-order valence-electron chi connectivity index (χ0n) is 13.5. The summed E-state index contributed by atoms with van der Waals surface area (Å²) < 4.78 is 31.5. The van der Waals surface area contributed by atoms with Gasteiger partial charge in [-0.15, -0.1) is 0 Å². The molecule has 0 N–H and O–H groups in total. The summed E-state index contributed by atoms with van der Waals surface area (Å²) >= 11 is 0. The van der Waals surface area contributed by atoms with Gasteiger partial charge in [-0.25, -0.2) is 8.78 Å². The summed E-state index contributed by atoms with van der Waals surface area (Å²) in [5.74, 6) is -1.48. The van der Waals surface area contributed by atoms with Gasteiger partial charge in [0.25, 0.3) is 0 Å². The SMILES string of the molecule is CCn1ccc(=O)c2cc(F)c(-c3ccc4ncccc4c3)c(F)c21. The zero-order valence-corrected chi connectivity index (χ0v) is 13.5. The molecule has 124 valence electrons. The Morgan fingerprint density at radius 3 is 2.76 bits per heavy atom. The molecule has 25 heavy (non-hydrogen) atoms. The van der Waals surface area contributed by atoms with E-state index in [1.807, 2.05) is 13.0 Å². The van der Waals surface area contributed by atoms with E-state index in [0.717, 1.165) is 17.0 Å². The van der Waals surface area contributed by atoms with Crippen molar-refractivity contribution in [3.63, 3.8) is 0 Å². The molecule has 0 atom stereocenters. The lowest BCUT2D eigenvalue weighted by molar-refractivity contribution is 0.590. The highest BCUT2D eigenvalue weighted by Crippen LogP contribution is 2.32. The highest BCUT2D eigenvalue weighted by atomic mass is 19.1. The summed E-state index contributed by atoms with van der Waals surface area (Å²) in [6.07, 6.45) is 3.19. The van der Waals surface area contributed by atoms with Gasteiger partial charge in [0.05, 0.1) is 22.0 Å². The second kappa shape index (κ2) is 5.77. The number of aromatic nitrogens is 2. The van der Waals surface area contributed by atoms with E-state index >= 15 is 4.39 Å². The van der Waals surface area contributed by atoms with Crippen molar-refractivity contribution in [3.05, 3.63) is 76.7 Å². The van der Waals surface area contributed by atoms with Gasteiger partial charge in [-0.1, -0.05) is 12.1 Å². The average molecular weight is 336 g/mol. The van der Waals surface area contributed by atoms with Crippen LogP contribution in [0, 0.1) is 11.6 Å². The number of pyridine rings is 2. The molecule has 2 aromatic heterocycles. The Morgan fingerprint density at radius 2 is 1.96 bits per heavy atom. The first-order chi connectivity index (χ1) is 12.1. The van der Waals surface area contributed by atoms with Crippen LogP contribution in [-0.2, 0) is 6.54 Å². The number of halogens is 2. The summed E-state index contributed by atoms with van der Waals surface area (Å²) in [7, 11) is 0. The molecule has 0 aliphatic carbocycles. The van der Waals surface area contributed by atoms with E-state index < -0.39 is 17.1 Å². The first kappa shape index (κ1) is 15.4. The van der Waals surface area contributed by atoms with Crippen LogP contribution in [0.4, 0.5) is 8.78 Å². The highest BCUT2D eigenvalue weighted by molar-refractivity contribution is 5.89. The normalized spacial score (nSPS) is 11.3. The van der Waals surface area contributed by atoms with Crippen LogP contribution in [0.5, 0.6) is 0 Å². The topological polar surface area (TPSA) is 34.9 Å². The number of aryl methyl sites for hydroxylation is 1. The molecule has 2 heterocycles. The van der Waals surface area contributed by atoms with Crippen LogP contribution in [-0.4, -0.2) is 9.55 Å². The molecule has 0 aliphatic rings. The Kier molecular flexibility index (Phi) is 3.57. The molecular weight excluding hydrogens is 322 g/mol. The van der Waals surface area contributed by atoms with Crippen molar-refractivity contribution in [1.29, 1.82) is 0 Å². The lowest BCUT2D eigenvalue weighted by Gasteiger charge is -2.13. The third-order valence-electron chi connectivity index (χ3n) is 4.38. The predicted octanol–water partition coefficient (Wildman–Crippen LogP) is 4.51. The fourth-order valence-corrected chi connectivity index (χ4v) is 3.16. The van der Waals surface area contributed by atoms with Crippen LogP contribution in [0.25, 0.3) is 32.9 Å². The second-order valence-electron chi connectivity index (χ2n) is 5.82. The van der Waals surface area contributed by atoms with Crippen molar-refractivity contribution in [2.45, 2.75) is 13.5 Å². The van der Waals surface area contributed by atoms with Crippen molar-refractivity contribution in [1.82, 2.24) is 9.55 Å². The maximum atomic E-state index is 15.2.